The lowest BCUT2D eigenvalue weighted by atomic mass is 9.98. The van der Waals surface area contributed by atoms with Gasteiger partial charge in [0, 0.05) is 23.7 Å². The first-order chi connectivity index (χ1) is 12.7. The number of carbonyl (C=O) groups excluding carboxylic acids is 1. The monoisotopic (exact) mass is 392 g/mol. The van der Waals surface area contributed by atoms with Gasteiger partial charge in [0.25, 0.3) is 0 Å². The van der Waals surface area contributed by atoms with E-state index in [1.165, 1.54) is 18.3 Å². The van der Waals surface area contributed by atoms with Crippen molar-refractivity contribution in [1.82, 2.24) is 10.3 Å². The summed E-state index contributed by atoms with van der Waals surface area (Å²) in [7, 11) is 0. The minimum Gasteiger partial charge on any atom is -0.443 e. The van der Waals surface area contributed by atoms with Gasteiger partial charge in [0.2, 0.25) is 5.82 Å². The van der Waals surface area contributed by atoms with E-state index in [9.17, 15) is 14.9 Å². The van der Waals surface area contributed by atoms with Gasteiger partial charge in [0.05, 0.1) is 4.92 Å². The van der Waals surface area contributed by atoms with Gasteiger partial charge in [-0.1, -0.05) is 23.7 Å². The number of rotatable bonds is 7. The van der Waals surface area contributed by atoms with Crippen LogP contribution in [-0.4, -0.2) is 27.8 Å². The molecule has 0 radical (unpaired) electrons. The number of nitro groups is 1. The minimum atomic E-state index is -0.755. The summed E-state index contributed by atoms with van der Waals surface area (Å²) in [6, 6.07) is 10.1. The lowest BCUT2D eigenvalue weighted by molar-refractivity contribution is -0.384. The third kappa shape index (κ3) is 6.41. The van der Waals surface area contributed by atoms with Crippen molar-refractivity contribution >= 4 is 29.2 Å². The smallest absolute Gasteiger partial charge is 0.409 e. The normalized spacial score (nSPS) is 12.1. The largest absolute Gasteiger partial charge is 0.443 e. The Morgan fingerprint density at radius 1 is 1.33 bits per heavy atom. The van der Waals surface area contributed by atoms with E-state index in [2.05, 4.69) is 15.6 Å². The molecule has 27 heavy (non-hydrogen) atoms. The van der Waals surface area contributed by atoms with Crippen LogP contribution in [0.3, 0.4) is 0 Å². The SMILES string of the molecule is CC(NC(=O)OC(C)(C)Cc1ccc(Cl)cc1)Nc1ncccc1[N+](=O)[O-]. The van der Waals surface area contributed by atoms with Gasteiger partial charge >= 0.3 is 11.8 Å². The molecule has 1 amide bonds. The zero-order valence-electron chi connectivity index (χ0n) is 15.2. The van der Waals surface area contributed by atoms with Gasteiger partial charge < -0.3 is 15.4 Å². The van der Waals surface area contributed by atoms with Gasteiger partial charge in [-0.25, -0.2) is 9.78 Å². The maximum absolute atomic E-state index is 12.2. The van der Waals surface area contributed by atoms with Gasteiger partial charge in [-0.15, -0.1) is 0 Å². The van der Waals surface area contributed by atoms with Crippen LogP contribution >= 0.6 is 11.6 Å². The van der Waals surface area contributed by atoms with E-state index >= 15 is 0 Å². The summed E-state index contributed by atoms with van der Waals surface area (Å²) in [5.74, 6) is 0.0655. The zero-order valence-corrected chi connectivity index (χ0v) is 16.0. The van der Waals surface area contributed by atoms with E-state index in [-0.39, 0.29) is 11.5 Å². The number of aromatic nitrogens is 1. The van der Waals surface area contributed by atoms with Crippen molar-refractivity contribution in [3.8, 4) is 0 Å². The minimum absolute atomic E-state index is 0.0655. The number of ether oxygens (including phenoxy) is 1. The average molecular weight is 393 g/mol. The summed E-state index contributed by atoms with van der Waals surface area (Å²) in [6.07, 6.45) is 0.658. The molecule has 1 unspecified atom stereocenters. The fraction of sp³-hybridized carbons (Fsp3) is 0.333. The number of amides is 1. The predicted molar refractivity (Wildman–Crippen MR) is 103 cm³/mol. The van der Waals surface area contributed by atoms with Crippen molar-refractivity contribution in [3.05, 3.63) is 63.3 Å². The van der Waals surface area contributed by atoms with Crippen molar-refractivity contribution in [3.63, 3.8) is 0 Å². The highest BCUT2D eigenvalue weighted by Crippen LogP contribution is 2.21. The molecule has 144 valence electrons. The van der Waals surface area contributed by atoms with Crippen LogP contribution in [0.4, 0.5) is 16.3 Å². The molecule has 1 atom stereocenters. The van der Waals surface area contributed by atoms with Crippen molar-refractivity contribution < 1.29 is 14.5 Å². The molecule has 0 saturated heterocycles. The molecule has 1 aromatic heterocycles. The van der Waals surface area contributed by atoms with Crippen LogP contribution in [0.2, 0.25) is 5.02 Å². The average Bonchev–Trinajstić information content (AvgIpc) is 2.56. The molecule has 2 rings (SSSR count). The first-order valence-electron chi connectivity index (χ1n) is 8.26. The van der Waals surface area contributed by atoms with Gasteiger partial charge in [-0.3, -0.25) is 10.1 Å². The van der Waals surface area contributed by atoms with Gasteiger partial charge in [-0.05, 0) is 44.5 Å². The quantitative estimate of drug-likeness (QED) is 0.416. The summed E-state index contributed by atoms with van der Waals surface area (Å²) in [5, 5.41) is 17.0. The number of benzene rings is 1. The number of hydrogen-bond acceptors (Lipinski definition) is 6. The fourth-order valence-corrected chi connectivity index (χ4v) is 2.61. The van der Waals surface area contributed by atoms with Crippen LogP contribution in [0.5, 0.6) is 0 Å². The third-order valence-electron chi connectivity index (χ3n) is 3.58. The molecule has 0 spiro atoms. The van der Waals surface area contributed by atoms with E-state index in [1.54, 1.807) is 32.9 Å². The number of nitrogens with one attached hydrogen (secondary N) is 2. The summed E-state index contributed by atoms with van der Waals surface area (Å²) < 4.78 is 5.48. The van der Waals surface area contributed by atoms with E-state index < -0.39 is 22.8 Å². The van der Waals surface area contributed by atoms with Crippen LogP contribution in [0.25, 0.3) is 0 Å². The predicted octanol–water partition coefficient (Wildman–Crippen LogP) is 4.15. The van der Waals surface area contributed by atoms with Crippen LogP contribution in [0, 0.1) is 10.1 Å². The van der Waals surface area contributed by atoms with Crippen LogP contribution < -0.4 is 10.6 Å². The lowest BCUT2D eigenvalue weighted by Gasteiger charge is -2.26. The summed E-state index contributed by atoms with van der Waals surface area (Å²) in [6.45, 7) is 5.22. The summed E-state index contributed by atoms with van der Waals surface area (Å²) >= 11 is 5.87. The second-order valence-electron chi connectivity index (χ2n) is 6.59. The lowest BCUT2D eigenvalue weighted by Crippen LogP contribution is -2.43. The Hall–Kier alpha value is -2.87. The van der Waals surface area contributed by atoms with Gasteiger partial charge in [0.15, 0.2) is 0 Å². The highest BCUT2D eigenvalue weighted by Gasteiger charge is 2.25. The first kappa shape index (κ1) is 20.4. The van der Waals surface area contributed by atoms with E-state index in [0.29, 0.717) is 11.4 Å². The first-order valence-corrected chi connectivity index (χ1v) is 8.64. The molecule has 0 aliphatic heterocycles. The number of carbonyl (C=O) groups is 1. The number of pyridine rings is 1. The number of alkyl carbamates (subject to hydrolysis) is 1. The van der Waals surface area contributed by atoms with Gasteiger partial charge in [0.1, 0.15) is 11.8 Å². The Labute approximate surface area is 162 Å². The Kier molecular flexibility index (Phi) is 6.57. The van der Waals surface area contributed by atoms with Crippen LogP contribution in [-0.2, 0) is 11.2 Å². The van der Waals surface area contributed by atoms with Crippen molar-refractivity contribution in [2.24, 2.45) is 0 Å². The Bertz CT molecular complexity index is 811. The molecule has 1 heterocycles. The number of anilines is 1. The molecular formula is C18H21ClN4O4. The van der Waals surface area contributed by atoms with E-state index in [0.717, 1.165) is 5.56 Å². The Morgan fingerprint density at radius 3 is 2.63 bits per heavy atom. The summed E-state index contributed by atoms with van der Waals surface area (Å²) in [4.78, 5) is 26.6. The maximum atomic E-state index is 12.2. The third-order valence-corrected chi connectivity index (χ3v) is 3.83. The van der Waals surface area contributed by atoms with Crippen molar-refractivity contribution in [2.75, 3.05) is 5.32 Å². The molecule has 9 heteroatoms. The Morgan fingerprint density at radius 2 is 2.00 bits per heavy atom. The number of halogens is 1. The standard InChI is InChI=1S/C18H21ClN4O4/c1-12(21-16-15(23(25)26)5-4-10-20-16)22-17(24)27-18(2,3)11-13-6-8-14(19)9-7-13/h4-10,12H,11H2,1-3H3,(H,20,21)(H,22,24). The molecule has 0 aliphatic rings. The molecule has 2 aromatic rings. The van der Waals surface area contributed by atoms with E-state index in [1.807, 2.05) is 12.1 Å². The number of nitrogens with zero attached hydrogens (tertiary/aromatic N) is 2. The highest BCUT2D eigenvalue weighted by atomic mass is 35.5. The fourth-order valence-electron chi connectivity index (χ4n) is 2.48. The van der Waals surface area contributed by atoms with Gasteiger partial charge in [-0.2, -0.15) is 0 Å². The van der Waals surface area contributed by atoms with E-state index in [4.69, 9.17) is 16.3 Å². The molecule has 1 aromatic carbocycles. The van der Waals surface area contributed by atoms with Crippen molar-refractivity contribution in [1.29, 1.82) is 0 Å². The second kappa shape index (κ2) is 8.68. The summed E-state index contributed by atoms with van der Waals surface area (Å²) in [5.41, 5.74) is 0.0457. The molecule has 0 aliphatic carbocycles. The topological polar surface area (TPSA) is 106 Å². The zero-order chi connectivity index (χ0) is 20.0. The maximum Gasteiger partial charge on any atom is 0.409 e. The molecule has 2 N–H and O–H groups in total. The molecule has 0 bridgehead atoms. The molecular weight excluding hydrogens is 372 g/mol. The number of hydrogen-bond donors (Lipinski definition) is 2. The molecule has 8 nitrogen and oxygen atoms in total. The second-order valence-corrected chi connectivity index (χ2v) is 7.03. The highest BCUT2D eigenvalue weighted by molar-refractivity contribution is 6.30. The Balaban J connectivity index is 1.92. The van der Waals surface area contributed by atoms with Crippen molar-refractivity contribution in [2.45, 2.75) is 39.0 Å². The molecule has 0 saturated carbocycles. The van der Waals surface area contributed by atoms with Crippen LogP contribution in [0.15, 0.2) is 42.6 Å². The van der Waals surface area contributed by atoms with Crippen LogP contribution in [0.1, 0.15) is 26.3 Å². The molecule has 0 fully saturated rings.